The summed E-state index contributed by atoms with van der Waals surface area (Å²) in [5.74, 6) is 0.733. The van der Waals surface area contributed by atoms with Crippen molar-refractivity contribution < 1.29 is 14.3 Å². The predicted molar refractivity (Wildman–Crippen MR) is 111 cm³/mol. The van der Waals surface area contributed by atoms with Gasteiger partial charge in [0, 0.05) is 5.56 Å². The molecule has 2 N–H and O–H groups in total. The van der Waals surface area contributed by atoms with Crippen molar-refractivity contribution in [2.75, 3.05) is 20.0 Å². The van der Waals surface area contributed by atoms with E-state index in [1.54, 1.807) is 31.6 Å². The molecule has 0 saturated heterocycles. The molecular formula is C20H17N3O3S2. The summed E-state index contributed by atoms with van der Waals surface area (Å²) in [7, 11) is 3.13. The molecule has 0 aliphatic carbocycles. The number of rotatable bonds is 7. The molecule has 1 amide bonds. The van der Waals surface area contributed by atoms with Gasteiger partial charge >= 0.3 is 0 Å². The van der Waals surface area contributed by atoms with Gasteiger partial charge in [0.05, 0.1) is 36.1 Å². The van der Waals surface area contributed by atoms with E-state index >= 15 is 0 Å². The number of methoxy groups -OCH3 is 2. The van der Waals surface area contributed by atoms with Crippen molar-refractivity contribution in [3.05, 3.63) is 47.3 Å². The molecule has 0 unspecified atom stereocenters. The topological polar surface area (TPSA) is 98.2 Å². The summed E-state index contributed by atoms with van der Waals surface area (Å²) in [4.78, 5) is 16.8. The van der Waals surface area contributed by atoms with Gasteiger partial charge in [-0.1, -0.05) is 23.9 Å². The quantitative estimate of drug-likeness (QED) is 0.591. The Bertz CT molecular complexity index is 1040. The monoisotopic (exact) mass is 411 g/mol. The van der Waals surface area contributed by atoms with Crippen molar-refractivity contribution in [2.24, 2.45) is 5.73 Å². The summed E-state index contributed by atoms with van der Waals surface area (Å²) >= 11 is 2.71. The molecule has 0 bridgehead atoms. The zero-order valence-corrected chi connectivity index (χ0v) is 16.9. The maximum atomic E-state index is 11.3. The second-order valence-electron chi connectivity index (χ2n) is 5.65. The Morgan fingerprint density at radius 3 is 2.64 bits per heavy atom. The highest BCUT2D eigenvalue weighted by Crippen LogP contribution is 2.38. The van der Waals surface area contributed by atoms with E-state index in [0.29, 0.717) is 27.7 Å². The lowest BCUT2D eigenvalue weighted by Gasteiger charge is -2.13. The van der Waals surface area contributed by atoms with E-state index in [9.17, 15) is 10.1 Å². The first-order valence-electron chi connectivity index (χ1n) is 8.20. The third-order valence-corrected chi connectivity index (χ3v) is 5.81. The van der Waals surface area contributed by atoms with E-state index in [4.69, 9.17) is 15.2 Å². The number of carbonyl (C=O) groups excluding carboxylic acids is 1. The van der Waals surface area contributed by atoms with E-state index in [-0.39, 0.29) is 5.75 Å². The van der Waals surface area contributed by atoms with Crippen molar-refractivity contribution in [3.8, 4) is 39.3 Å². The maximum absolute atomic E-state index is 11.3. The van der Waals surface area contributed by atoms with Crippen molar-refractivity contribution in [1.82, 2.24) is 4.98 Å². The van der Waals surface area contributed by atoms with Crippen molar-refractivity contribution in [3.63, 3.8) is 0 Å². The third kappa shape index (κ3) is 4.11. The molecule has 0 fully saturated rings. The number of pyridine rings is 1. The van der Waals surface area contributed by atoms with Crippen molar-refractivity contribution in [1.29, 1.82) is 5.26 Å². The molecule has 0 aliphatic heterocycles. The summed E-state index contributed by atoms with van der Waals surface area (Å²) in [6, 6.07) is 13.5. The number of ether oxygens (including phenoxy) is 2. The van der Waals surface area contributed by atoms with Crippen LogP contribution in [0.3, 0.4) is 0 Å². The van der Waals surface area contributed by atoms with Gasteiger partial charge in [0.15, 0.2) is 11.5 Å². The second-order valence-corrected chi connectivity index (χ2v) is 7.56. The van der Waals surface area contributed by atoms with Gasteiger partial charge in [-0.3, -0.25) is 4.79 Å². The highest BCUT2D eigenvalue weighted by molar-refractivity contribution is 8.00. The van der Waals surface area contributed by atoms with Crippen LogP contribution in [0.2, 0.25) is 0 Å². The Kier molecular flexibility index (Phi) is 6.19. The lowest BCUT2D eigenvalue weighted by atomic mass is 10.00. The standard InChI is InChI=1S/C20H17N3O3S2/c1-25-16-6-5-12(8-17(16)26-2)13-9-15(18-4-3-7-27-18)23-20(14(13)10-21)28-11-19(22)24/h3-9H,11H2,1-2H3,(H2,22,24). The number of primary amides is 1. The molecule has 0 saturated carbocycles. The molecule has 0 spiro atoms. The predicted octanol–water partition coefficient (Wildman–Crippen LogP) is 3.94. The molecule has 3 aromatic rings. The molecule has 8 heteroatoms. The first-order valence-corrected chi connectivity index (χ1v) is 10.1. The third-order valence-electron chi connectivity index (χ3n) is 3.92. The zero-order chi connectivity index (χ0) is 20.1. The largest absolute Gasteiger partial charge is 0.493 e. The first kappa shape index (κ1) is 19.7. The minimum atomic E-state index is -0.468. The van der Waals surface area contributed by atoms with Gasteiger partial charge in [0.1, 0.15) is 11.1 Å². The number of benzene rings is 1. The minimum absolute atomic E-state index is 0.0426. The van der Waals surface area contributed by atoms with Crippen LogP contribution in [-0.4, -0.2) is 30.9 Å². The molecule has 0 radical (unpaired) electrons. The van der Waals surface area contributed by atoms with Crippen LogP contribution in [0.25, 0.3) is 21.7 Å². The number of thioether (sulfide) groups is 1. The van der Waals surface area contributed by atoms with Gasteiger partial charge in [0.2, 0.25) is 5.91 Å². The molecule has 3 rings (SSSR count). The number of nitrogens with zero attached hydrogens (tertiary/aromatic N) is 2. The van der Waals surface area contributed by atoms with Crippen LogP contribution in [0.4, 0.5) is 0 Å². The van der Waals surface area contributed by atoms with E-state index < -0.39 is 5.91 Å². The highest BCUT2D eigenvalue weighted by Gasteiger charge is 2.18. The number of amides is 1. The number of nitrogens with two attached hydrogens (primary N) is 1. The fourth-order valence-corrected chi connectivity index (χ4v) is 4.08. The normalized spacial score (nSPS) is 10.3. The Morgan fingerprint density at radius 1 is 1.25 bits per heavy atom. The number of aromatic nitrogens is 1. The molecule has 0 aliphatic rings. The molecule has 0 atom stereocenters. The maximum Gasteiger partial charge on any atom is 0.227 e. The molecule has 142 valence electrons. The Balaban J connectivity index is 2.21. The van der Waals surface area contributed by atoms with E-state index in [2.05, 4.69) is 11.1 Å². The van der Waals surface area contributed by atoms with E-state index in [0.717, 1.165) is 27.9 Å². The lowest BCUT2D eigenvalue weighted by Crippen LogP contribution is -2.13. The SMILES string of the molecule is COc1ccc(-c2cc(-c3cccs3)nc(SCC(N)=O)c2C#N)cc1OC. The summed E-state index contributed by atoms with van der Waals surface area (Å²) in [5.41, 5.74) is 7.89. The fraction of sp³-hybridized carbons (Fsp3) is 0.150. The van der Waals surface area contributed by atoms with Crippen LogP contribution >= 0.6 is 23.1 Å². The minimum Gasteiger partial charge on any atom is -0.493 e. The van der Waals surface area contributed by atoms with Crippen LogP contribution in [0, 0.1) is 11.3 Å². The number of hydrogen-bond donors (Lipinski definition) is 1. The molecule has 6 nitrogen and oxygen atoms in total. The number of nitriles is 1. The Hall–Kier alpha value is -3.02. The fourth-order valence-electron chi connectivity index (χ4n) is 2.66. The van der Waals surface area contributed by atoms with E-state index in [1.165, 1.54) is 0 Å². The summed E-state index contributed by atoms with van der Waals surface area (Å²) in [6.07, 6.45) is 0. The van der Waals surface area contributed by atoms with Crippen LogP contribution in [-0.2, 0) is 4.79 Å². The average Bonchev–Trinajstić information content (AvgIpc) is 3.25. The average molecular weight is 412 g/mol. The molecule has 2 aromatic heterocycles. The van der Waals surface area contributed by atoms with Gasteiger partial charge in [0.25, 0.3) is 0 Å². The summed E-state index contributed by atoms with van der Waals surface area (Å²) < 4.78 is 10.7. The van der Waals surface area contributed by atoms with E-state index in [1.807, 2.05) is 35.7 Å². The molecule has 2 heterocycles. The van der Waals surface area contributed by atoms with Crippen LogP contribution in [0.1, 0.15) is 5.56 Å². The molecule has 1 aromatic carbocycles. The van der Waals surface area contributed by atoms with Crippen LogP contribution in [0.5, 0.6) is 11.5 Å². The summed E-state index contributed by atoms with van der Waals surface area (Å²) in [6.45, 7) is 0. The van der Waals surface area contributed by atoms with Crippen molar-refractivity contribution in [2.45, 2.75) is 5.03 Å². The van der Waals surface area contributed by atoms with Crippen LogP contribution < -0.4 is 15.2 Å². The number of thiophene rings is 1. The lowest BCUT2D eigenvalue weighted by molar-refractivity contribution is -0.115. The summed E-state index contributed by atoms with van der Waals surface area (Å²) in [5, 5.41) is 12.2. The Morgan fingerprint density at radius 2 is 2.04 bits per heavy atom. The van der Waals surface area contributed by atoms with Gasteiger partial charge in [-0.05, 0) is 35.2 Å². The Labute approximate surface area is 170 Å². The van der Waals surface area contributed by atoms with Gasteiger partial charge in [-0.25, -0.2) is 4.98 Å². The van der Waals surface area contributed by atoms with Gasteiger partial charge < -0.3 is 15.2 Å². The first-order chi connectivity index (χ1) is 13.6. The second kappa shape index (κ2) is 8.78. The number of hydrogen-bond acceptors (Lipinski definition) is 7. The van der Waals surface area contributed by atoms with Gasteiger partial charge in [-0.15, -0.1) is 11.3 Å². The van der Waals surface area contributed by atoms with Gasteiger partial charge in [-0.2, -0.15) is 5.26 Å². The smallest absolute Gasteiger partial charge is 0.227 e. The molecular weight excluding hydrogens is 394 g/mol. The molecule has 28 heavy (non-hydrogen) atoms. The number of carbonyl (C=O) groups is 1. The highest BCUT2D eigenvalue weighted by atomic mass is 32.2. The zero-order valence-electron chi connectivity index (χ0n) is 15.3. The van der Waals surface area contributed by atoms with Crippen molar-refractivity contribution >= 4 is 29.0 Å². The van der Waals surface area contributed by atoms with Crippen LogP contribution in [0.15, 0.2) is 46.8 Å².